The molecule has 0 radical (unpaired) electrons. The van der Waals surface area contributed by atoms with Crippen LogP contribution < -0.4 is 4.74 Å². The van der Waals surface area contributed by atoms with Gasteiger partial charge in [0, 0.05) is 31.7 Å². The molecule has 3 fully saturated rings. The van der Waals surface area contributed by atoms with Crippen LogP contribution in [0.1, 0.15) is 28.0 Å². The summed E-state index contributed by atoms with van der Waals surface area (Å²) in [5, 5.41) is 4.81. The highest BCUT2D eigenvalue weighted by molar-refractivity contribution is 7.91. The standard InChI is InChI=1S/C28H30N4O6S/c1-36-22-3-2-4-24-25(22)27-20(17-39(24,34)35)26(28(33)31-11-14-38-23-15-21(23)31)29-32(27)19-7-5-18(6-8-19)16-30-9-12-37-13-10-30/h2-8,21,23H,9-17H2,1H3. The lowest BCUT2D eigenvalue weighted by molar-refractivity contribution is 0.0258. The Kier molecular flexibility index (Phi) is 6.00. The predicted molar refractivity (Wildman–Crippen MR) is 142 cm³/mol. The highest BCUT2D eigenvalue weighted by atomic mass is 32.2. The number of methoxy groups -OCH3 is 1. The lowest BCUT2D eigenvalue weighted by Gasteiger charge is -2.26. The van der Waals surface area contributed by atoms with Gasteiger partial charge in [-0.25, -0.2) is 13.1 Å². The molecule has 1 aromatic heterocycles. The molecule has 1 aliphatic carbocycles. The monoisotopic (exact) mass is 550 g/mol. The molecule has 2 saturated heterocycles. The summed E-state index contributed by atoms with van der Waals surface area (Å²) in [7, 11) is -2.20. The molecule has 1 saturated carbocycles. The van der Waals surface area contributed by atoms with Crippen molar-refractivity contribution in [1.82, 2.24) is 19.6 Å². The number of hydrogen-bond acceptors (Lipinski definition) is 8. The van der Waals surface area contributed by atoms with Crippen LogP contribution in [0.5, 0.6) is 5.75 Å². The van der Waals surface area contributed by atoms with Gasteiger partial charge in [0.15, 0.2) is 15.5 Å². The van der Waals surface area contributed by atoms with Crippen LogP contribution >= 0.6 is 0 Å². The zero-order valence-electron chi connectivity index (χ0n) is 21.7. The zero-order chi connectivity index (χ0) is 26.7. The highest BCUT2D eigenvalue weighted by Crippen LogP contribution is 2.46. The fourth-order valence-corrected chi connectivity index (χ4v) is 7.53. The summed E-state index contributed by atoms with van der Waals surface area (Å²) >= 11 is 0. The van der Waals surface area contributed by atoms with Crippen molar-refractivity contribution < 1.29 is 27.4 Å². The molecule has 3 aliphatic heterocycles. The molecule has 11 heteroatoms. The molecular weight excluding hydrogens is 520 g/mol. The van der Waals surface area contributed by atoms with E-state index in [0.717, 1.165) is 50.5 Å². The summed E-state index contributed by atoms with van der Waals surface area (Å²) in [6.07, 6.45) is 0.859. The third-order valence-corrected chi connectivity index (χ3v) is 9.70. The van der Waals surface area contributed by atoms with Crippen LogP contribution in [-0.2, 0) is 31.6 Å². The summed E-state index contributed by atoms with van der Waals surface area (Å²) in [5.41, 5.74) is 3.52. The second-order valence-corrected chi connectivity index (χ2v) is 12.4. The van der Waals surface area contributed by atoms with Gasteiger partial charge in [-0.15, -0.1) is 0 Å². The summed E-state index contributed by atoms with van der Waals surface area (Å²) in [6.45, 7) is 5.02. The molecule has 2 aromatic carbocycles. The summed E-state index contributed by atoms with van der Waals surface area (Å²) in [5.74, 6) is -0.120. The van der Waals surface area contributed by atoms with Crippen molar-refractivity contribution in [3.8, 4) is 22.7 Å². The Morgan fingerprint density at radius 2 is 1.87 bits per heavy atom. The molecule has 10 nitrogen and oxygen atoms in total. The minimum atomic E-state index is -3.71. The van der Waals surface area contributed by atoms with Crippen LogP contribution in [0, 0.1) is 0 Å². The summed E-state index contributed by atoms with van der Waals surface area (Å²) < 4.78 is 45.4. The lowest BCUT2D eigenvalue weighted by atomic mass is 10.0. The van der Waals surface area contributed by atoms with Gasteiger partial charge >= 0.3 is 0 Å². The largest absolute Gasteiger partial charge is 0.496 e. The van der Waals surface area contributed by atoms with Crippen LogP contribution in [0.2, 0.25) is 0 Å². The SMILES string of the molecule is COc1cccc2c1-c1c(c(C(=O)N3CCOC4CC43)nn1-c1ccc(CN3CCOCC3)cc1)CS2(=O)=O. The maximum atomic E-state index is 13.9. The molecule has 3 aromatic rings. The Hall–Kier alpha value is -3.25. The van der Waals surface area contributed by atoms with E-state index < -0.39 is 9.84 Å². The number of carbonyl (C=O) groups is 1. The van der Waals surface area contributed by atoms with E-state index in [1.165, 1.54) is 7.11 Å². The van der Waals surface area contributed by atoms with E-state index in [0.29, 0.717) is 35.7 Å². The predicted octanol–water partition coefficient (Wildman–Crippen LogP) is 2.28. The maximum Gasteiger partial charge on any atom is 0.275 e. The lowest BCUT2D eigenvalue weighted by Crippen LogP contribution is -2.41. The third-order valence-electron chi connectivity index (χ3n) is 8.02. The number of morpholine rings is 2. The number of fused-ring (bicyclic) bond motifs is 4. The number of carbonyl (C=O) groups excluding carboxylic acids is 1. The van der Waals surface area contributed by atoms with Crippen LogP contribution in [-0.4, -0.2) is 92.6 Å². The topological polar surface area (TPSA) is 103 Å². The van der Waals surface area contributed by atoms with Crippen molar-refractivity contribution in [3.63, 3.8) is 0 Å². The Bertz CT molecular complexity index is 1540. The van der Waals surface area contributed by atoms with Gasteiger partial charge in [0.2, 0.25) is 0 Å². The second-order valence-electron chi connectivity index (χ2n) is 10.4. The molecule has 0 bridgehead atoms. The maximum absolute atomic E-state index is 13.9. The molecule has 7 rings (SSSR count). The van der Waals surface area contributed by atoms with Gasteiger partial charge in [-0.2, -0.15) is 5.10 Å². The Balaban J connectivity index is 1.34. The molecule has 204 valence electrons. The van der Waals surface area contributed by atoms with Crippen molar-refractivity contribution in [2.24, 2.45) is 0 Å². The first-order valence-corrected chi connectivity index (χ1v) is 14.9. The third kappa shape index (κ3) is 4.24. The van der Waals surface area contributed by atoms with Crippen LogP contribution in [0.15, 0.2) is 47.4 Å². The molecule has 1 amide bonds. The Labute approximate surface area is 227 Å². The van der Waals surface area contributed by atoms with Crippen LogP contribution in [0.25, 0.3) is 16.9 Å². The highest BCUT2D eigenvalue weighted by Gasteiger charge is 2.49. The normalized spacial score (nSPS) is 23.5. The quantitative estimate of drug-likeness (QED) is 0.477. The zero-order valence-corrected chi connectivity index (χ0v) is 22.5. The molecule has 0 spiro atoms. The van der Waals surface area contributed by atoms with Crippen molar-refractivity contribution in [2.45, 2.75) is 35.8 Å². The summed E-state index contributed by atoms with van der Waals surface area (Å²) in [4.78, 5) is 18.2. The molecule has 39 heavy (non-hydrogen) atoms. The number of sulfone groups is 1. The van der Waals surface area contributed by atoms with Gasteiger partial charge in [-0.05, 0) is 36.2 Å². The minimum Gasteiger partial charge on any atom is -0.496 e. The van der Waals surface area contributed by atoms with Gasteiger partial charge in [0.25, 0.3) is 5.91 Å². The minimum absolute atomic E-state index is 0.0218. The van der Waals surface area contributed by atoms with E-state index in [1.54, 1.807) is 27.8 Å². The molecule has 2 atom stereocenters. The van der Waals surface area contributed by atoms with Gasteiger partial charge < -0.3 is 19.1 Å². The van der Waals surface area contributed by atoms with E-state index in [-0.39, 0.29) is 34.4 Å². The molecular formula is C28H30N4O6S. The van der Waals surface area contributed by atoms with E-state index >= 15 is 0 Å². The van der Waals surface area contributed by atoms with Gasteiger partial charge in [0.05, 0.1) is 66.7 Å². The van der Waals surface area contributed by atoms with Crippen molar-refractivity contribution in [3.05, 3.63) is 59.3 Å². The number of aromatic nitrogens is 2. The first-order valence-electron chi connectivity index (χ1n) is 13.3. The molecule has 0 N–H and O–H groups in total. The van der Waals surface area contributed by atoms with Crippen molar-refractivity contribution in [2.75, 3.05) is 46.6 Å². The Morgan fingerprint density at radius 1 is 1.08 bits per heavy atom. The van der Waals surface area contributed by atoms with E-state index in [1.807, 2.05) is 12.1 Å². The molecule has 2 unspecified atom stereocenters. The number of rotatable bonds is 5. The molecule has 4 aliphatic rings. The smallest absolute Gasteiger partial charge is 0.275 e. The van der Waals surface area contributed by atoms with Crippen molar-refractivity contribution >= 4 is 15.7 Å². The van der Waals surface area contributed by atoms with E-state index in [9.17, 15) is 13.2 Å². The van der Waals surface area contributed by atoms with Crippen LogP contribution in [0.4, 0.5) is 0 Å². The first kappa shape index (κ1) is 24.8. The fraction of sp³-hybridized carbons (Fsp3) is 0.429. The second kappa shape index (κ2) is 9.44. The average molecular weight is 551 g/mol. The number of amides is 1. The fourth-order valence-electron chi connectivity index (χ4n) is 5.93. The van der Waals surface area contributed by atoms with E-state index in [4.69, 9.17) is 19.3 Å². The number of ether oxygens (including phenoxy) is 3. The first-order chi connectivity index (χ1) is 18.9. The number of hydrogen-bond donors (Lipinski definition) is 0. The number of benzene rings is 2. The van der Waals surface area contributed by atoms with E-state index in [2.05, 4.69) is 17.0 Å². The van der Waals surface area contributed by atoms with Gasteiger partial charge in [-0.3, -0.25) is 9.69 Å². The van der Waals surface area contributed by atoms with Crippen LogP contribution in [0.3, 0.4) is 0 Å². The molecule has 4 heterocycles. The average Bonchev–Trinajstić information content (AvgIpc) is 3.66. The van der Waals surface area contributed by atoms with Crippen molar-refractivity contribution in [1.29, 1.82) is 0 Å². The van der Waals surface area contributed by atoms with Gasteiger partial charge in [0.1, 0.15) is 5.75 Å². The summed E-state index contributed by atoms with van der Waals surface area (Å²) in [6, 6.07) is 13.1. The Morgan fingerprint density at radius 3 is 2.64 bits per heavy atom. The van der Waals surface area contributed by atoms with Gasteiger partial charge in [-0.1, -0.05) is 18.2 Å². The number of nitrogens with zero attached hydrogens (tertiary/aromatic N) is 4.